The van der Waals surface area contributed by atoms with E-state index in [1.807, 2.05) is 9.80 Å². The molecule has 0 unspecified atom stereocenters. The van der Waals surface area contributed by atoms with Gasteiger partial charge in [0.15, 0.2) is 0 Å². The molecule has 2 aliphatic heterocycles. The number of amides is 2. The molecule has 33 heavy (non-hydrogen) atoms. The minimum absolute atomic E-state index is 0.0716. The average molecular weight is 513 g/mol. The molecular formula is C26H29BrN2O4. The van der Waals surface area contributed by atoms with E-state index >= 15 is 0 Å². The molecule has 2 fully saturated rings. The van der Waals surface area contributed by atoms with Crippen LogP contribution in [0.4, 0.5) is 9.59 Å². The van der Waals surface area contributed by atoms with Crippen LogP contribution in [0.3, 0.4) is 0 Å². The number of alkyl halides is 1. The molecule has 6 nitrogen and oxygen atoms in total. The Morgan fingerprint density at radius 1 is 0.909 bits per heavy atom. The normalized spacial score (nSPS) is 28.3. The van der Waals surface area contributed by atoms with E-state index < -0.39 is 0 Å². The highest BCUT2D eigenvalue weighted by molar-refractivity contribution is 9.09. The predicted molar refractivity (Wildman–Crippen MR) is 129 cm³/mol. The summed E-state index contributed by atoms with van der Waals surface area (Å²) in [4.78, 5) is 27.1. The molecular weight excluding hydrogens is 484 g/mol. The van der Waals surface area contributed by atoms with E-state index in [0.717, 1.165) is 38.8 Å². The van der Waals surface area contributed by atoms with Gasteiger partial charge in [0.2, 0.25) is 0 Å². The van der Waals surface area contributed by atoms with Gasteiger partial charge < -0.3 is 19.3 Å². The molecule has 0 aromatic heterocycles. The van der Waals surface area contributed by atoms with Crippen LogP contribution in [0.5, 0.6) is 0 Å². The molecule has 0 radical (unpaired) electrons. The molecule has 4 atom stereocenters. The molecule has 2 heterocycles. The number of rotatable bonds is 0. The zero-order chi connectivity index (χ0) is 23.2. The van der Waals surface area contributed by atoms with Crippen LogP contribution in [0.2, 0.25) is 0 Å². The van der Waals surface area contributed by atoms with E-state index in [9.17, 15) is 9.59 Å². The molecule has 2 amide bonds. The standard InChI is InChI=1S/C13H14BrNO2.C13H15NO2/c1-17-12(16)15-7-6-13(14)10-5-3-2-4-9(10)8-11(13)15;1-16-13(15)14-7-6-11-10-5-3-2-4-9(10)8-12(11)14/h2-5,11H,6-8H2,1H3;2-5,11-12H,6-8H2,1H3/t11-,13-;11-,12+/m10/s1. The lowest BCUT2D eigenvalue weighted by Gasteiger charge is -2.27. The second kappa shape index (κ2) is 8.67. The molecule has 2 aliphatic carbocycles. The number of carbonyl (C=O) groups is 2. The highest BCUT2D eigenvalue weighted by Crippen LogP contribution is 2.52. The van der Waals surface area contributed by atoms with Crippen molar-refractivity contribution in [2.24, 2.45) is 0 Å². The second-order valence-electron chi connectivity index (χ2n) is 9.18. The van der Waals surface area contributed by atoms with Crippen molar-refractivity contribution in [3.8, 4) is 0 Å². The van der Waals surface area contributed by atoms with Gasteiger partial charge in [-0.3, -0.25) is 0 Å². The van der Waals surface area contributed by atoms with Gasteiger partial charge in [-0.25, -0.2) is 9.59 Å². The first kappa shape index (κ1) is 22.3. The van der Waals surface area contributed by atoms with Crippen LogP contribution in [0, 0.1) is 0 Å². The first-order valence-corrected chi connectivity index (χ1v) is 12.3. The van der Waals surface area contributed by atoms with Crippen molar-refractivity contribution in [1.82, 2.24) is 9.80 Å². The van der Waals surface area contributed by atoms with Crippen LogP contribution < -0.4 is 0 Å². The van der Waals surface area contributed by atoms with Crippen molar-refractivity contribution in [2.45, 2.75) is 48.0 Å². The maximum Gasteiger partial charge on any atom is 0.409 e. The minimum atomic E-state index is -0.218. The average Bonchev–Trinajstić information content (AvgIpc) is 3.57. The Kier molecular flexibility index (Phi) is 5.85. The van der Waals surface area contributed by atoms with Gasteiger partial charge in [0.05, 0.1) is 24.6 Å². The van der Waals surface area contributed by atoms with Gasteiger partial charge in [0, 0.05) is 25.0 Å². The Morgan fingerprint density at radius 3 is 2.33 bits per heavy atom. The zero-order valence-corrected chi connectivity index (χ0v) is 20.6. The molecule has 7 heteroatoms. The third kappa shape index (κ3) is 3.61. The van der Waals surface area contributed by atoms with Gasteiger partial charge in [-0.1, -0.05) is 64.5 Å². The maximum absolute atomic E-state index is 11.7. The van der Waals surface area contributed by atoms with Crippen LogP contribution in [-0.2, 0) is 26.6 Å². The number of likely N-dealkylation sites (tertiary alicyclic amines) is 2. The SMILES string of the molecule is COC(=O)N1CC[C@@]2(Br)c3ccccc3C[C@@H]12.COC(=O)N1CC[C@H]2c3ccccc3C[C@H]21. The van der Waals surface area contributed by atoms with E-state index in [0.29, 0.717) is 12.0 Å². The number of benzene rings is 2. The van der Waals surface area contributed by atoms with E-state index in [1.54, 1.807) is 0 Å². The molecule has 2 aromatic carbocycles. The number of methoxy groups -OCH3 is 2. The summed E-state index contributed by atoms with van der Waals surface area (Å²) in [7, 11) is 2.90. The monoisotopic (exact) mass is 512 g/mol. The topological polar surface area (TPSA) is 59.1 Å². The fraction of sp³-hybridized carbons (Fsp3) is 0.462. The van der Waals surface area contributed by atoms with Crippen molar-refractivity contribution in [2.75, 3.05) is 27.3 Å². The van der Waals surface area contributed by atoms with Crippen molar-refractivity contribution < 1.29 is 19.1 Å². The van der Waals surface area contributed by atoms with E-state index in [-0.39, 0.29) is 22.6 Å². The summed E-state index contributed by atoms with van der Waals surface area (Å²) in [6.45, 7) is 1.59. The summed E-state index contributed by atoms with van der Waals surface area (Å²) in [5.74, 6) is 0.523. The quantitative estimate of drug-likeness (QED) is 0.473. The third-order valence-electron chi connectivity index (χ3n) is 7.75. The summed E-state index contributed by atoms with van der Waals surface area (Å²) in [5.41, 5.74) is 5.49. The number of carbonyl (C=O) groups excluding carboxylic acids is 2. The molecule has 0 N–H and O–H groups in total. The number of fused-ring (bicyclic) bond motifs is 6. The summed E-state index contributed by atoms with van der Waals surface area (Å²) in [5, 5.41) is 0. The smallest absolute Gasteiger partial charge is 0.409 e. The van der Waals surface area contributed by atoms with E-state index in [4.69, 9.17) is 9.47 Å². The van der Waals surface area contributed by atoms with Crippen molar-refractivity contribution >= 4 is 28.1 Å². The van der Waals surface area contributed by atoms with Crippen molar-refractivity contribution in [3.63, 3.8) is 0 Å². The Bertz CT molecular complexity index is 1080. The second-order valence-corrected chi connectivity index (χ2v) is 10.6. The highest BCUT2D eigenvalue weighted by atomic mass is 79.9. The van der Waals surface area contributed by atoms with E-state index in [1.165, 1.54) is 36.5 Å². The molecule has 174 valence electrons. The lowest BCUT2D eigenvalue weighted by molar-refractivity contribution is 0.117. The summed E-state index contributed by atoms with van der Waals surface area (Å²) >= 11 is 3.86. The molecule has 6 rings (SSSR count). The van der Waals surface area contributed by atoms with Crippen LogP contribution in [0.1, 0.15) is 41.0 Å². The summed E-state index contributed by atoms with van der Waals surface area (Å²) in [6.07, 6.45) is 3.51. The first-order valence-electron chi connectivity index (χ1n) is 11.5. The third-order valence-corrected chi connectivity index (χ3v) is 9.10. The van der Waals surface area contributed by atoms with Gasteiger partial charge in [0.25, 0.3) is 0 Å². The van der Waals surface area contributed by atoms with Crippen LogP contribution >= 0.6 is 15.9 Å². The first-order chi connectivity index (χ1) is 16.0. The molecule has 2 aromatic rings. The highest BCUT2D eigenvalue weighted by Gasteiger charge is 2.53. The Labute approximate surface area is 203 Å². The van der Waals surface area contributed by atoms with E-state index in [2.05, 4.69) is 64.5 Å². The largest absolute Gasteiger partial charge is 0.453 e. The molecule has 4 aliphatic rings. The Morgan fingerprint density at radius 2 is 1.58 bits per heavy atom. The molecule has 2 saturated heterocycles. The Hall–Kier alpha value is -2.54. The summed E-state index contributed by atoms with van der Waals surface area (Å²) < 4.78 is 9.61. The predicted octanol–water partition coefficient (Wildman–Crippen LogP) is 4.84. The number of hydrogen-bond acceptors (Lipinski definition) is 4. The number of hydrogen-bond donors (Lipinski definition) is 0. The van der Waals surface area contributed by atoms with Gasteiger partial charge in [-0.15, -0.1) is 0 Å². The van der Waals surface area contributed by atoms with Gasteiger partial charge in [0.1, 0.15) is 0 Å². The van der Waals surface area contributed by atoms with Gasteiger partial charge >= 0.3 is 12.2 Å². The van der Waals surface area contributed by atoms with Crippen LogP contribution in [0.25, 0.3) is 0 Å². The Balaban J connectivity index is 0.000000139. The van der Waals surface area contributed by atoms with Crippen molar-refractivity contribution in [1.29, 1.82) is 0 Å². The van der Waals surface area contributed by atoms with Crippen LogP contribution in [-0.4, -0.2) is 61.4 Å². The maximum atomic E-state index is 11.7. The lowest BCUT2D eigenvalue weighted by Crippen LogP contribution is -2.40. The zero-order valence-electron chi connectivity index (χ0n) is 19.0. The number of halogens is 1. The van der Waals surface area contributed by atoms with Crippen LogP contribution in [0.15, 0.2) is 48.5 Å². The molecule has 0 spiro atoms. The van der Waals surface area contributed by atoms with Gasteiger partial charge in [-0.05, 0) is 47.9 Å². The number of ether oxygens (including phenoxy) is 2. The summed E-state index contributed by atoms with van der Waals surface area (Å²) in [6, 6.07) is 17.5. The minimum Gasteiger partial charge on any atom is -0.453 e. The number of nitrogens with zero attached hydrogens (tertiary/aromatic N) is 2. The fourth-order valence-electron chi connectivity index (χ4n) is 6.21. The molecule has 0 bridgehead atoms. The van der Waals surface area contributed by atoms with Crippen molar-refractivity contribution in [3.05, 3.63) is 70.8 Å². The molecule has 0 saturated carbocycles. The van der Waals surface area contributed by atoms with Gasteiger partial charge in [-0.2, -0.15) is 0 Å². The fourth-order valence-corrected chi connectivity index (χ4v) is 7.18. The lowest BCUT2D eigenvalue weighted by atomic mass is 9.98.